The molecule has 34 heavy (non-hydrogen) atoms. The van der Waals surface area contributed by atoms with Gasteiger partial charge in [0.1, 0.15) is 0 Å². The summed E-state index contributed by atoms with van der Waals surface area (Å²) in [6.45, 7) is 0.195. The summed E-state index contributed by atoms with van der Waals surface area (Å²) in [4.78, 5) is 30.3. The minimum atomic E-state index is -0.589. The number of methoxy groups -OCH3 is 1. The first kappa shape index (κ1) is 23.0. The number of anilines is 1. The van der Waals surface area contributed by atoms with Crippen LogP contribution in [0.3, 0.4) is 0 Å². The van der Waals surface area contributed by atoms with Crippen LogP contribution in [0.4, 0.5) is 5.13 Å². The summed E-state index contributed by atoms with van der Waals surface area (Å²) in [6, 6.07) is 13.2. The van der Waals surface area contributed by atoms with Crippen molar-refractivity contribution in [3.8, 4) is 11.5 Å². The second kappa shape index (κ2) is 9.48. The number of thioether (sulfide) groups is 1. The van der Waals surface area contributed by atoms with Gasteiger partial charge < -0.3 is 19.5 Å². The van der Waals surface area contributed by atoms with E-state index in [1.807, 2.05) is 42.5 Å². The van der Waals surface area contributed by atoms with Gasteiger partial charge in [-0.15, -0.1) is 23.1 Å². The lowest BCUT2D eigenvalue weighted by Crippen LogP contribution is -2.27. The van der Waals surface area contributed by atoms with Crippen LogP contribution in [-0.2, 0) is 19.7 Å². The summed E-state index contributed by atoms with van der Waals surface area (Å²) in [5.41, 5.74) is 1.20. The smallest absolute Gasteiger partial charge is 0.315 e. The van der Waals surface area contributed by atoms with E-state index < -0.39 is 5.41 Å². The fraction of sp³-hybridized carbons (Fsp3) is 0.292. The lowest BCUT2D eigenvalue weighted by molar-refractivity contribution is -0.137. The Morgan fingerprint density at radius 2 is 2.03 bits per heavy atom. The van der Waals surface area contributed by atoms with Crippen molar-refractivity contribution in [2.24, 2.45) is 0 Å². The second-order valence-electron chi connectivity index (χ2n) is 7.96. The van der Waals surface area contributed by atoms with Crippen molar-refractivity contribution in [3.05, 3.63) is 69.7 Å². The molecule has 5 rings (SSSR count). The average molecular weight is 517 g/mol. The molecule has 2 aliphatic rings. The number of thiazole rings is 1. The Balaban J connectivity index is 1.35. The van der Waals surface area contributed by atoms with E-state index in [1.54, 1.807) is 6.20 Å². The zero-order valence-corrected chi connectivity index (χ0v) is 20.6. The monoisotopic (exact) mass is 516 g/mol. The molecule has 0 saturated heterocycles. The third kappa shape index (κ3) is 4.47. The Morgan fingerprint density at radius 3 is 2.79 bits per heavy atom. The van der Waals surface area contributed by atoms with Crippen molar-refractivity contribution in [1.29, 1.82) is 0 Å². The third-order valence-electron chi connectivity index (χ3n) is 5.90. The zero-order valence-electron chi connectivity index (χ0n) is 18.2. The minimum Gasteiger partial charge on any atom is -0.468 e. The highest BCUT2D eigenvalue weighted by Gasteiger charge is 2.52. The number of carbonyl (C=O) groups is 2. The van der Waals surface area contributed by atoms with E-state index >= 15 is 0 Å². The van der Waals surface area contributed by atoms with Gasteiger partial charge >= 0.3 is 5.97 Å². The second-order valence-corrected chi connectivity index (χ2v) is 10.5. The molecule has 176 valence electrons. The number of fused-ring (bicyclic) bond motifs is 1. The molecule has 7 nitrogen and oxygen atoms in total. The quantitative estimate of drug-likeness (QED) is 0.412. The van der Waals surface area contributed by atoms with Gasteiger partial charge in [0, 0.05) is 16.1 Å². The molecule has 1 aromatic heterocycles. The number of nitrogens with zero attached hydrogens (tertiary/aromatic N) is 1. The fourth-order valence-electron chi connectivity index (χ4n) is 3.87. The van der Waals surface area contributed by atoms with Crippen LogP contribution in [0.25, 0.3) is 0 Å². The van der Waals surface area contributed by atoms with Crippen LogP contribution >= 0.6 is 34.7 Å². The minimum absolute atomic E-state index is 0.0937. The van der Waals surface area contributed by atoms with Gasteiger partial charge in [-0.3, -0.25) is 9.59 Å². The summed E-state index contributed by atoms with van der Waals surface area (Å²) >= 11 is 9.23. The molecule has 2 heterocycles. The van der Waals surface area contributed by atoms with Crippen molar-refractivity contribution in [2.45, 2.75) is 23.5 Å². The van der Waals surface area contributed by atoms with E-state index in [0.717, 1.165) is 28.8 Å². The van der Waals surface area contributed by atoms with E-state index in [1.165, 1.54) is 30.2 Å². The van der Waals surface area contributed by atoms with Gasteiger partial charge in [-0.05, 0) is 42.2 Å². The number of hydrogen-bond donors (Lipinski definition) is 1. The molecule has 0 spiro atoms. The van der Waals surface area contributed by atoms with E-state index in [9.17, 15) is 9.59 Å². The number of benzene rings is 2. The number of rotatable bonds is 8. The van der Waals surface area contributed by atoms with E-state index in [4.69, 9.17) is 25.8 Å². The number of nitrogens with one attached hydrogen (secondary N) is 1. The summed E-state index contributed by atoms with van der Waals surface area (Å²) < 4.78 is 15.7. The average Bonchev–Trinajstić information content (AvgIpc) is 3.31. The van der Waals surface area contributed by atoms with Crippen LogP contribution < -0.4 is 14.8 Å². The Hall–Kier alpha value is -2.75. The number of halogens is 1. The van der Waals surface area contributed by atoms with Gasteiger partial charge in [0.25, 0.3) is 0 Å². The summed E-state index contributed by atoms with van der Waals surface area (Å²) in [5, 5.41) is 3.87. The van der Waals surface area contributed by atoms with Gasteiger partial charge in [0.05, 0.1) is 23.5 Å². The Bertz CT molecular complexity index is 1240. The highest BCUT2D eigenvalue weighted by atomic mass is 35.5. The van der Waals surface area contributed by atoms with E-state index in [-0.39, 0.29) is 29.7 Å². The number of amides is 1. The molecule has 0 bridgehead atoms. The van der Waals surface area contributed by atoms with E-state index in [0.29, 0.717) is 21.7 Å². The molecule has 0 radical (unpaired) electrons. The largest absolute Gasteiger partial charge is 0.468 e. The standard InChI is InChI=1S/C24H21ClN2O5S2/c1-30-20(28)12-33-21(15-4-2-3-5-16(15)25)19-11-26-23(34-19)27-22(29)24(8-9-24)14-6-7-17-18(10-14)32-13-31-17/h2-7,10-11,21H,8-9,12-13H2,1H3,(H,26,27,29). The molecule has 3 aromatic rings. The molecule has 1 saturated carbocycles. The van der Waals surface area contributed by atoms with Gasteiger partial charge in [-0.1, -0.05) is 35.9 Å². The number of esters is 1. The number of aromatic nitrogens is 1. The maximum absolute atomic E-state index is 13.3. The van der Waals surface area contributed by atoms with Gasteiger partial charge in [-0.25, -0.2) is 4.98 Å². The third-order valence-corrected chi connectivity index (χ3v) is 8.61. The maximum Gasteiger partial charge on any atom is 0.315 e. The molecule has 10 heteroatoms. The van der Waals surface area contributed by atoms with Crippen molar-refractivity contribution < 1.29 is 23.8 Å². The summed E-state index contributed by atoms with van der Waals surface area (Å²) in [5.74, 6) is 1.11. The molecule has 1 N–H and O–H groups in total. The summed E-state index contributed by atoms with van der Waals surface area (Å²) in [7, 11) is 1.36. The van der Waals surface area contributed by atoms with Crippen LogP contribution in [0.1, 0.15) is 34.1 Å². The van der Waals surface area contributed by atoms with Crippen molar-refractivity contribution in [3.63, 3.8) is 0 Å². The molecule has 1 aliphatic carbocycles. The molecule has 1 unspecified atom stereocenters. The predicted molar refractivity (Wildman–Crippen MR) is 132 cm³/mol. The molecular weight excluding hydrogens is 496 g/mol. The maximum atomic E-state index is 13.3. The van der Waals surface area contributed by atoms with Gasteiger partial charge in [0.15, 0.2) is 16.6 Å². The molecule has 1 amide bonds. The van der Waals surface area contributed by atoms with Gasteiger partial charge in [-0.2, -0.15) is 0 Å². The first-order chi connectivity index (χ1) is 16.5. The number of carbonyl (C=O) groups excluding carboxylic acids is 2. The van der Waals surface area contributed by atoms with Crippen molar-refractivity contribution >= 4 is 51.7 Å². The first-order valence-electron chi connectivity index (χ1n) is 10.6. The van der Waals surface area contributed by atoms with Crippen LogP contribution in [0.5, 0.6) is 11.5 Å². The zero-order chi connectivity index (χ0) is 23.7. The number of ether oxygens (including phenoxy) is 3. The topological polar surface area (TPSA) is 86.8 Å². The lowest BCUT2D eigenvalue weighted by Gasteiger charge is -2.16. The van der Waals surface area contributed by atoms with Crippen molar-refractivity contribution in [1.82, 2.24) is 4.98 Å². The highest BCUT2D eigenvalue weighted by Crippen LogP contribution is 2.51. The van der Waals surface area contributed by atoms with Gasteiger partial charge in [0.2, 0.25) is 12.7 Å². The Morgan fingerprint density at radius 1 is 1.24 bits per heavy atom. The predicted octanol–water partition coefficient (Wildman–Crippen LogP) is 5.19. The normalized spacial score (nSPS) is 16.1. The molecule has 1 aliphatic heterocycles. The van der Waals surface area contributed by atoms with Crippen LogP contribution in [-0.4, -0.2) is 36.5 Å². The lowest BCUT2D eigenvalue weighted by atomic mass is 9.94. The Kier molecular flexibility index (Phi) is 6.42. The molecule has 2 aromatic carbocycles. The molecule has 1 fully saturated rings. The SMILES string of the molecule is COC(=O)CSC(c1cnc(NC(=O)C2(c3ccc4c(c3)OCO4)CC2)s1)c1ccccc1Cl. The summed E-state index contributed by atoms with van der Waals surface area (Å²) in [6.07, 6.45) is 3.24. The first-order valence-corrected chi connectivity index (χ1v) is 12.8. The molecule has 1 atom stereocenters. The Labute approximate surface area is 209 Å². The van der Waals surface area contributed by atoms with E-state index in [2.05, 4.69) is 10.3 Å². The van der Waals surface area contributed by atoms with Crippen molar-refractivity contribution in [2.75, 3.05) is 25.0 Å². The van der Waals surface area contributed by atoms with Crippen LogP contribution in [0, 0.1) is 0 Å². The number of hydrogen-bond acceptors (Lipinski definition) is 8. The van der Waals surface area contributed by atoms with Crippen LogP contribution in [0.15, 0.2) is 48.7 Å². The van der Waals surface area contributed by atoms with Crippen LogP contribution in [0.2, 0.25) is 5.02 Å². The molecular formula is C24H21ClN2O5S2. The fourth-order valence-corrected chi connectivity index (χ4v) is 6.37. The highest BCUT2D eigenvalue weighted by molar-refractivity contribution is 8.00.